The number of nitrogens with zero attached hydrogens (tertiary/aromatic N) is 2. The Balaban J connectivity index is 1.88. The third kappa shape index (κ3) is 2.97. The Labute approximate surface area is 166 Å². The number of Topliss-reactive ketones (excluding diaryl/α,β-unsaturated/α-hetero) is 1. The second-order valence-electron chi connectivity index (χ2n) is 9.05. The van der Waals surface area contributed by atoms with Crippen molar-refractivity contribution in [2.45, 2.75) is 46.1 Å². The lowest BCUT2D eigenvalue weighted by Gasteiger charge is -2.52. The Hall–Kier alpha value is -2.45. The fourth-order valence-electron chi connectivity index (χ4n) is 5.20. The molecule has 5 nitrogen and oxygen atoms in total. The van der Waals surface area contributed by atoms with Gasteiger partial charge in [-0.15, -0.1) is 0 Å². The Morgan fingerprint density at radius 2 is 1.89 bits per heavy atom. The lowest BCUT2D eigenvalue weighted by molar-refractivity contribution is -0.121. The first-order valence-electron chi connectivity index (χ1n) is 10.0. The molecule has 4 rings (SSSR count). The molecule has 0 saturated carbocycles. The van der Waals surface area contributed by atoms with Crippen LogP contribution in [0.25, 0.3) is 0 Å². The molecule has 1 aromatic carbocycles. The lowest BCUT2D eigenvalue weighted by atomic mass is 9.57. The highest BCUT2D eigenvalue weighted by Crippen LogP contribution is 2.55. The number of rotatable bonds is 2. The zero-order valence-electron chi connectivity index (χ0n) is 16.6. The van der Waals surface area contributed by atoms with Gasteiger partial charge in [-0.3, -0.25) is 10.2 Å². The van der Waals surface area contributed by atoms with Crippen molar-refractivity contribution in [1.82, 2.24) is 4.90 Å². The van der Waals surface area contributed by atoms with Crippen molar-refractivity contribution in [3.05, 3.63) is 47.2 Å². The van der Waals surface area contributed by atoms with Gasteiger partial charge >= 0.3 is 0 Å². The summed E-state index contributed by atoms with van der Waals surface area (Å²) in [5.74, 6) is -0.125. The van der Waals surface area contributed by atoms with E-state index in [1.165, 1.54) is 0 Å². The number of ether oxygens (including phenoxy) is 1. The summed E-state index contributed by atoms with van der Waals surface area (Å²) in [6.07, 6.45) is 2.53. The molecule has 0 radical (unpaired) electrons. The Morgan fingerprint density at radius 3 is 2.54 bits per heavy atom. The van der Waals surface area contributed by atoms with E-state index >= 15 is 0 Å². The van der Waals surface area contributed by atoms with Crippen molar-refractivity contribution in [3.8, 4) is 6.07 Å². The van der Waals surface area contributed by atoms with Gasteiger partial charge in [-0.25, -0.2) is 0 Å². The van der Waals surface area contributed by atoms with Gasteiger partial charge in [0.15, 0.2) is 5.78 Å². The maximum atomic E-state index is 13.4. The first-order chi connectivity index (χ1) is 13.4. The smallest absolute Gasteiger partial charge is 0.161 e. The van der Waals surface area contributed by atoms with Crippen LogP contribution in [0, 0.1) is 33.5 Å². The molecule has 1 aromatic rings. The molecule has 1 spiro atoms. The molecule has 1 fully saturated rings. The summed E-state index contributed by atoms with van der Waals surface area (Å²) in [5, 5.41) is 19.0. The maximum absolute atomic E-state index is 13.4. The number of carbonyl (C=O) groups excluding carboxylic acids is 1. The molecule has 146 valence electrons. The number of ketones is 1. The summed E-state index contributed by atoms with van der Waals surface area (Å²) in [6, 6.07) is 12.4. The van der Waals surface area contributed by atoms with E-state index in [9.17, 15) is 10.1 Å². The standard InChI is InChI=1S/C23H27N3O2/c1-22(2)12-18-20(19(27)13-22)23(8-10-28-11-9-23)17(14-24)21(25)26(18)15-16-6-4-3-5-7-16/h3-7,17,25H,8-13,15H2,1-2H3. The molecule has 1 atom stereocenters. The average molecular weight is 377 g/mol. The number of carbonyl (C=O) groups is 1. The monoisotopic (exact) mass is 377 g/mol. The molecule has 1 aliphatic carbocycles. The van der Waals surface area contributed by atoms with Crippen molar-refractivity contribution in [2.75, 3.05) is 13.2 Å². The maximum Gasteiger partial charge on any atom is 0.161 e. The van der Waals surface area contributed by atoms with E-state index in [0.29, 0.717) is 44.9 Å². The van der Waals surface area contributed by atoms with Crippen LogP contribution in [0.5, 0.6) is 0 Å². The van der Waals surface area contributed by atoms with E-state index in [0.717, 1.165) is 23.3 Å². The van der Waals surface area contributed by atoms with Gasteiger partial charge in [-0.05, 0) is 30.2 Å². The second kappa shape index (κ2) is 6.86. The number of nitrogens with one attached hydrogen (secondary N) is 1. The van der Waals surface area contributed by atoms with Crippen LogP contribution in [-0.2, 0) is 16.1 Å². The molecular weight excluding hydrogens is 350 g/mol. The number of hydrogen-bond donors (Lipinski definition) is 1. The Morgan fingerprint density at radius 1 is 1.21 bits per heavy atom. The first kappa shape index (κ1) is 18.9. The van der Waals surface area contributed by atoms with Crippen LogP contribution in [-0.4, -0.2) is 29.7 Å². The van der Waals surface area contributed by atoms with E-state index in [-0.39, 0.29) is 11.2 Å². The highest BCUT2D eigenvalue weighted by Gasteiger charge is 2.56. The molecule has 1 N–H and O–H groups in total. The van der Waals surface area contributed by atoms with Gasteiger partial charge in [0.05, 0.1) is 6.07 Å². The van der Waals surface area contributed by atoms with Gasteiger partial charge < -0.3 is 9.64 Å². The van der Waals surface area contributed by atoms with Crippen molar-refractivity contribution >= 4 is 11.6 Å². The van der Waals surface area contributed by atoms with Gasteiger partial charge in [0.2, 0.25) is 0 Å². The van der Waals surface area contributed by atoms with Gasteiger partial charge in [0.1, 0.15) is 11.8 Å². The lowest BCUT2D eigenvalue weighted by Crippen LogP contribution is -2.55. The SMILES string of the molecule is CC1(C)CC(=O)C2=C(C1)N(Cc1ccccc1)C(=N)C(C#N)C21CCOCC1. The van der Waals surface area contributed by atoms with Crippen molar-refractivity contribution in [1.29, 1.82) is 10.7 Å². The normalized spacial score (nSPS) is 26.2. The van der Waals surface area contributed by atoms with E-state index in [1.54, 1.807) is 0 Å². The predicted molar refractivity (Wildman–Crippen MR) is 106 cm³/mol. The summed E-state index contributed by atoms with van der Waals surface area (Å²) in [7, 11) is 0. The predicted octanol–water partition coefficient (Wildman–Crippen LogP) is 4.06. The van der Waals surface area contributed by atoms with Crippen LogP contribution >= 0.6 is 0 Å². The fourth-order valence-corrected chi connectivity index (χ4v) is 5.20. The fraction of sp³-hybridized carbons (Fsp3) is 0.522. The quantitative estimate of drug-likeness (QED) is 0.843. The third-order valence-corrected chi connectivity index (χ3v) is 6.49. The summed E-state index contributed by atoms with van der Waals surface area (Å²) < 4.78 is 5.58. The van der Waals surface area contributed by atoms with Gasteiger partial charge in [-0.2, -0.15) is 5.26 Å². The summed E-state index contributed by atoms with van der Waals surface area (Å²) >= 11 is 0. The number of amidine groups is 1. The third-order valence-electron chi connectivity index (χ3n) is 6.49. The highest BCUT2D eigenvalue weighted by atomic mass is 16.5. The molecule has 0 aromatic heterocycles. The number of hydrogen-bond acceptors (Lipinski definition) is 4. The van der Waals surface area contributed by atoms with Crippen LogP contribution in [0.15, 0.2) is 41.6 Å². The van der Waals surface area contributed by atoms with Crippen LogP contribution in [0.2, 0.25) is 0 Å². The molecule has 1 saturated heterocycles. The Kier molecular flexibility index (Phi) is 4.63. The Bertz CT molecular complexity index is 873. The molecule has 2 heterocycles. The average Bonchev–Trinajstić information content (AvgIpc) is 2.66. The van der Waals surface area contributed by atoms with Gasteiger partial charge in [-0.1, -0.05) is 44.2 Å². The minimum Gasteiger partial charge on any atom is -0.381 e. The van der Waals surface area contributed by atoms with E-state index in [4.69, 9.17) is 10.1 Å². The van der Waals surface area contributed by atoms with Crippen molar-refractivity contribution in [3.63, 3.8) is 0 Å². The molecule has 0 amide bonds. The van der Waals surface area contributed by atoms with E-state index in [1.807, 2.05) is 35.2 Å². The number of nitriles is 1. The molecule has 2 aliphatic heterocycles. The highest BCUT2D eigenvalue weighted by molar-refractivity contribution is 6.03. The van der Waals surface area contributed by atoms with E-state index < -0.39 is 11.3 Å². The zero-order valence-corrected chi connectivity index (χ0v) is 16.6. The van der Waals surface area contributed by atoms with Crippen LogP contribution in [0.3, 0.4) is 0 Å². The largest absolute Gasteiger partial charge is 0.381 e. The topological polar surface area (TPSA) is 77.2 Å². The number of allylic oxidation sites excluding steroid dienone is 2. The first-order valence-corrected chi connectivity index (χ1v) is 10.0. The van der Waals surface area contributed by atoms with E-state index in [2.05, 4.69) is 19.9 Å². The van der Waals surface area contributed by atoms with Crippen LogP contribution in [0.1, 0.15) is 45.1 Å². The molecular formula is C23H27N3O2. The minimum atomic E-state index is -0.607. The zero-order chi connectivity index (χ0) is 19.9. The molecule has 28 heavy (non-hydrogen) atoms. The second-order valence-corrected chi connectivity index (χ2v) is 9.05. The summed E-state index contributed by atoms with van der Waals surface area (Å²) in [6.45, 7) is 5.83. The molecule has 3 aliphatic rings. The van der Waals surface area contributed by atoms with Gasteiger partial charge in [0.25, 0.3) is 0 Å². The minimum absolute atomic E-state index is 0.142. The summed E-state index contributed by atoms with van der Waals surface area (Å²) in [5.41, 5.74) is 2.14. The number of fused-ring (bicyclic) bond motifs is 1. The van der Waals surface area contributed by atoms with Crippen LogP contribution in [0.4, 0.5) is 0 Å². The van der Waals surface area contributed by atoms with Crippen molar-refractivity contribution < 1.29 is 9.53 Å². The van der Waals surface area contributed by atoms with Gasteiger partial charge in [0, 0.05) is 42.9 Å². The van der Waals surface area contributed by atoms with Crippen LogP contribution < -0.4 is 0 Å². The molecule has 5 heteroatoms. The number of benzene rings is 1. The summed E-state index contributed by atoms with van der Waals surface area (Å²) in [4.78, 5) is 15.3. The van der Waals surface area contributed by atoms with Crippen molar-refractivity contribution in [2.24, 2.45) is 16.7 Å². The molecule has 0 bridgehead atoms. The molecule has 1 unspecified atom stereocenters.